The van der Waals surface area contributed by atoms with E-state index in [-0.39, 0.29) is 0 Å². The van der Waals surface area contributed by atoms with Gasteiger partial charge >= 0.3 is 0 Å². The summed E-state index contributed by atoms with van der Waals surface area (Å²) in [5.74, 6) is 0. The molecule has 0 bridgehead atoms. The first-order valence-corrected chi connectivity index (χ1v) is 3.95. The molecule has 0 fully saturated rings. The van der Waals surface area contributed by atoms with Crippen LogP contribution in [0.4, 0.5) is 0 Å². The van der Waals surface area contributed by atoms with Crippen LogP contribution >= 0.6 is 0 Å². The van der Waals surface area contributed by atoms with Gasteiger partial charge in [0.05, 0.1) is 11.2 Å². The molecule has 0 aliphatic heterocycles. The fourth-order valence-corrected chi connectivity index (χ4v) is 1.23. The number of hydrogen-bond donors (Lipinski definition) is 0. The Morgan fingerprint density at radius 3 is 3.08 bits per heavy atom. The van der Waals surface area contributed by atoms with Crippen molar-refractivity contribution in [2.45, 2.75) is 13.3 Å². The molecule has 0 aliphatic rings. The van der Waals surface area contributed by atoms with Gasteiger partial charge in [0.25, 0.3) is 0 Å². The third kappa shape index (κ3) is 1.03. The van der Waals surface area contributed by atoms with Crippen LogP contribution in [0.2, 0.25) is 0 Å². The molecule has 0 amide bonds. The molecule has 2 aromatic rings. The van der Waals surface area contributed by atoms with E-state index in [1.54, 1.807) is 12.5 Å². The molecule has 0 radical (unpaired) electrons. The third-order valence-electron chi connectivity index (χ3n) is 1.83. The molecular weight excluding hydrogens is 150 g/mol. The SMILES string of the molecule is CCc1nccc2cncnc12. The van der Waals surface area contributed by atoms with Crippen molar-refractivity contribution >= 4 is 10.9 Å². The molecule has 0 aliphatic carbocycles. The largest absolute Gasteiger partial charge is 0.259 e. The zero-order chi connectivity index (χ0) is 8.39. The van der Waals surface area contributed by atoms with Crippen molar-refractivity contribution in [2.24, 2.45) is 0 Å². The topological polar surface area (TPSA) is 38.7 Å². The Kier molecular flexibility index (Phi) is 1.70. The summed E-state index contributed by atoms with van der Waals surface area (Å²) in [5, 5.41) is 1.06. The quantitative estimate of drug-likeness (QED) is 0.634. The van der Waals surface area contributed by atoms with Gasteiger partial charge in [-0.1, -0.05) is 6.92 Å². The number of pyridine rings is 1. The fraction of sp³-hybridized carbons (Fsp3) is 0.222. The van der Waals surface area contributed by atoms with Crippen LogP contribution < -0.4 is 0 Å². The number of fused-ring (bicyclic) bond motifs is 1. The van der Waals surface area contributed by atoms with Crippen molar-refractivity contribution in [1.29, 1.82) is 0 Å². The van der Waals surface area contributed by atoms with Gasteiger partial charge in [-0.2, -0.15) is 0 Å². The van der Waals surface area contributed by atoms with Crippen molar-refractivity contribution in [1.82, 2.24) is 15.0 Å². The van der Waals surface area contributed by atoms with E-state index in [0.717, 1.165) is 23.0 Å². The summed E-state index contributed by atoms with van der Waals surface area (Å²) in [6, 6.07) is 1.93. The number of nitrogens with zero attached hydrogens (tertiary/aromatic N) is 3. The van der Waals surface area contributed by atoms with Crippen molar-refractivity contribution in [2.75, 3.05) is 0 Å². The van der Waals surface area contributed by atoms with Gasteiger partial charge in [-0.05, 0) is 12.5 Å². The van der Waals surface area contributed by atoms with Crippen LogP contribution in [0.5, 0.6) is 0 Å². The maximum absolute atomic E-state index is 4.24. The Hall–Kier alpha value is -1.51. The van der Waals surface area contributed by atoms with Gasteiger partial charge in [0.1, 0.15) is 6.33 Å². The molecule has 2 aromatic heterocycles. The van der Waals surface area contributed by atoms with Crippen LogP contribution in [0.3, 0.4) is 0 Å². The zero-order valence-electron chi connectivity index (χ0n) is 6.86. The average Bonchev–Trinajstić information content (AvgIpc) is 2.17. The summed E-state index contributed by atoms with van der Waals surface area (Å²) < 4.78 is 0. The first-order valence-electron chi connectivity index (χ1n) is 3.95. The van der Waals surface area contributed by atoms with Gasteiger partial charge in [-0.25, -0.2) is 9.97 Å². The molecule has 3 heteroatoms. The smallest absolute Gasteiger partial charge is 0.116 e. The molecule has 60 valence electrons. The molecule has 3 nitrogen and oxygen atoms in total. The summed E-state index contributed by atoms with van der Waals surface area (Å²) in [4.78, 5) is 12.4. The second kappa shape index (κ2) is 2.85. The predicted molar refractivity (Wildman–Crippen MR) is 46.7 cm³/mol. The second-order valence-electron chi connectivity index (χ2n) is 2.57. The highest BCUT2D eigenvalue weighted by atomic mass is 14.8. The summed E-state index contributed by atoms with van der Waals surface area (Å²) in [6.07, 6.45) is 6.07. The number of aryl methyl sites for hydroxylation is 1. The van der Waals surface area contributed by atoms with E-state index < -0.39 is 0 Å². The Balaban J connectivity index is 2.79. The lowest BCUT2D eigenvalue weighted by Gasteiger charge is -1.99. The van der Waals surface area contributed by atoms with E-state index in [0.29, 0.717) is 0 Å². The van der Waals surface area contributed by atoms with Crippen LogP contribution in [0.1, 0.15) is 12.6 Å². The van der Waals surface area contributed by atoms with Crippen molar-refractivity contribution in [3.8, 4) is 0 Å². The maximum Gasteiger partial charge on any atom is 0.116 e. The van der Waals surface area contributed by atoms with E-state index in [2.05, 4.69) is 21.9 Å². The maximum atomic E-state index is 4.24. The minimum atomic E-state index is 0.911. The summed E-state index contributed by atoms with van der Waals surface area (Å²) >= 11 is 0. The summed E-state index contributed by atoms with van der Waals surface area (Å²) in [5.41, 5.74) is 2.00. The lowest BCUT2D eigenvalue weighted by Crippen LogP contribution is -1.91. The van der Waals surface area contributed by atoms with Crippen LogP contribution in [0.15, 0.2) is 24.8 Å². The Morgan fingerprint density at radius 1 is 1.33 bits per heavy atom. The van der Waals surface area contributed by atoms with E-state index >= 15 is 0 Å². The van der Waals surface area contributed by atoms with Crippen molar-refractivity contribution < 1.29 is 0 Å². The van der Waals surface area contributed by atoms with E-state index in [4.69, 9.17) is 0 Å². The zero-order valence-corrected chi connectivity index (χ0v) is 6.86. The molecular formula is C9H9N3. The second-order valence-corrected chi connectivity index (χ2v) is 2.57. The van der Waals surface area contributed by atoms with Gasteiger partial charge < -0.3 is 0 Å². The Labute approximate surface area is 70.5 Å². The van der Waals surface area contributed by atoms with Crippen LogP contribution in [0, 0.1) is 0 Å². The third-order valence-corrected chi connectivity index (χ3v) is 1.83. The fourth-order valence-electron chi connectivity index (χ4n) is 1.23. The molecule has 12 heavy (non-hydrogen) atoms. The highest BCUT2D eigenvalue weighted by Gasteiger charge is 1.99. The van der Waals surface area contributed by atoms with E-state index in [1.165, 1.54) is 0 Å². The Morgan fingerprint density at radius 2 is 2.25 bits per heavy atom. The average molecular weight is 159 g/mol. The lowest BCUT2D eigenvalue weighted by molar-refractivity contribution is 1.04. The molecule has 0 spiro atoms. The van der Waals surface area contributed by atoms with E-state index in [9.17, 15) is 0 Å². The highest BCUT2D eigenvalue weighted by Crippen LogP contribution is 2.11. The van der Waals surface area contributed by atoms with Crippen LogP contribution in [-0.4, -0.2) is 15.0 Å². The monoisotopic (exact) mass is 159 g/mol. The number of rotatable bonds is 1. The van der Waals surface area contributed by atoms with Gasteiger partial charge in [0.2, 0.25) is 0 Å². The standard InChI is InChI=1S/C9H9N3/c1-2-8-9-7(3-4-11-8)5-10-6-12-9/h3-6H,2H2,1H3. The number of aromatic nitrogens is 3. The first kappa shape index (κ1) is 7.16. The summed E-state index contributed by atoms with van der Waals surface area (Å²) in [7, 11) is 0. The molecule has 0 aromatic carbocycles. The van der Waals surface area contributed by atoms with Gasteiger partial charge in [-0.15, -0.1) is 0 Å². The molecule has 2 rings (SSSR count). The minimum absolute atomic E-state index is 0.911. The predicted octanol–water partition coefficient (Wildman–Crippen LogP) is 1.59. The Bertz CT molecular complexity index is 392. The molecule has 0 unspecified atom stereocenters. The molecule has 2 heterocycles. The molecule has 0 atom stereocenters. The van der Waals surface area contributed by atoms with Gasteiger partial charge in [0.15, 0.2) is 0 Å². The molecule has 0 saturated carbocycles. The van der Waals surface area contributed by atoms with Gasteiger partial charge in [0, 0.05) is 17.8 Å². The molecule has 0 N–H and O–H groups in total. The number of hydrogen-bond acceptors (Lipinski definition) is 3. The van der Waals surface area contributed by atoms with E-state index in [1.807, 2.05) is 12.3 Å². The van der Waals surface area contributed by atoms with Crippen LogP contribution in [-0.2, 0) is 6.42 Å². The van der Waals surface area contributed by atoms with Crippen molar-refractivity contribution in [3.05, 3.63) is 30.5 Å². The molecule has 0 saturated heterocycles. The normalized spacial score (nSPS) is 10.4. The van der Waals surface area contributed by atoms with Crippen LogP contribution in [0.25, 0.3) is 10.9 Å². The minimum Gasteiger partial charge on any atom is -0.259 e. The summed E-state index contributed by atoms with van der Waals surface area (Å²) in [6.45, 7) is 2.07. The lowest BCUT2D eigenvalue weighted by atomic mass is 10.2. The first-order chi connectivity index (χ1) is 5.92. The van der Waals surface area contributed by atoms with Gasteiger partial charge in [-0.3, -0.25) is 4.98 Å². The van der Waals surface area contributed by atoms with Crippen molar-refractivity contribution in [3.63, 3.8) is 0 Å². The highest BCUT2D eigenvalue weighted by molar-refractivity contribution is 5.78.